The Morgan fingerprint density at radius 1 is 1.29 bits per heavy atom. The number of hydrogen-bond acceptors (Lipinski definition) is 5. The molecule has 108 valence electrons. The molecule has 0 fully saturated rings. The number of furan rings is 1. The zero-order chi connectivity index (χ0) is 15.1. The maximum atomic E-state index is 10.7. The fourth-order valence-corrected chi connectivity index (χ4v) is 1.53. The molecule has 2 rings (SSSR count). The molecule has 6 nitrogen and oxygen atoms in total. The highest BCUT2D eigenvalue weighted by Gasteiger charge is 2.02. The van der Waals surface area contributed by atoms with Gasteiger partial charge in [-0.15, -0.1) is 5.10 Å². The second kappa shape index (κ2) is 7.04. The van der Waals surface area contributed by atoms with Crippen molar-refractivity contribution >= 4 is 18.0 Å². The Morgan fingerprint density at radius 3 is 2.76 bits per heavy atom. The number of carbonyl (C=O) groups excluding carboxylic acids is 1. The van der Waals surface area contributed by atoms with Crippen LogP contribution in [0.2, 0.25) is 0 Å². The number of nitrogens with two attached hydrogens (primary N) is 1. The van der Waals surface area contributed by atoms with Crippen molar-refractivity contribution in [3.63, 3.8) is 0 Å². The standard InChI is InChI=1S/C15H15N3O3/c1-11(19)20-10-14-8-7-13(21-14)9-17-18-15(16)12-5-3-2-4-6-12/h2-9H,10H2,1H3,(H2,16,18)/b17-9+. The third-order valence-corrected chi connectivity index (χ3v) is 2.52. The van der Waals surface area contributed by atoms with Crippen LogP contribution in [-0.2, 0) is 16.1 Å². The highest BCUT2D eigenvalue weighted by Crippen LogP contribution is 2.07. The monoisotopic (exact) mass is 285 g/mol. The lowest BCUT2D eigenvalue weighted by molar-refractivity contribution is -0.142. The number of amidine groups is 1. The predicted octanol–water partition coefficient (Wildman–Crippen LogP) is 2.08. The maximum Gasteiger partial charge on any atom is 0.303 e. The second-order valence-corrected chi connectivity index (χ2v) is 4.18. The smallest absolute Gasteiger partial charge is 0.303 e. The Labute approximate surface area is 121 Å². The van der Waals surface area contributed by atoms with Crippen molar-refractivity contribution in [3.05, 3.63) is 59.5 Å². The van der Waals surface area contributed by atoms with Crippen molar-refractivity contribution < 1.29 is 13.9 Å². The third-order valence-electron chi connectivity index (χ3n) is 2.52. The van der Waals surface area contributed by atoms with Gasteiger partial charge in [0.2, 0.25) is 0 Å². The van der Waals surface area contributed by atoms with Gasteiger partial charge in [0.05, 0.1) is 6.21 Å². The van der Waals surface area contributed by atoms with E-state index in [1.807, 2.05) is 30.3 Å². The largest absolute Gasteiger partial charge is 0.458 e. The van der Waals surface area contributed by atoms with Crippen molar-refractivity contribution in [2.45, 2.75) is 13.5 Å². The molecular formula is C15H15N3O3. The summed E-state index contributed by atoms with van der Waals surface area (Å²) in [6.45, 7) is 1.44. The average molecular weight is 285 g/mol. The van der Waals surface area contributed by atoms with E-state index in [9.17, 15) is 4.79 Å². The van der Waals surface area contributed by atoms with Gasteiger partial charge in [-0.05, 0) is 12.1 Å². The first kappa shape index (κ1) is 14.5. The Bertz CT molecular complexity index is 660. The summed E-state index contributed by atoms with van der Waals surface area (Å²) in [5.41, 5.74) is 6.59. The molecule has 6 heteroatoms. The molecule has 0 saturated carbocycles. The molecule has 0 saturated heterocycles. The Balaban J connectivity index is 1.97. The lowest BCUT2D eigenvalue weighted by Gasteiger charge is -1.97. The second-order valence-electron chi connectivity index (χ2n) is 4.18. The zero-order valence-corrected chi connectivity index (χ0v) is 11.5. The minimum atomic E-state index is -0.359. The molecule has 0 unspecified atom stereocenters. The minimum Gasteiger partial charge on any atom is -0.458 e. The molecule has 2 N–H and O–H groups in total. The molecule has 0 atom stereocenters. The van der Waals surface area contributed by atoms with E-state index in [2.05, 4.69) is 10.2 Å². The molecule has 0 radical (unpaired) electrons. The highest BCUT2D eigenvalue weighted by molar-refractivity contribution is 5.97. The van der Waals surface area contributed by atoms with Crippen molar-refractivity contribution in [3.8, 4) is 0 Å². The Morgan fingerprint density at radius 2 is 2.05 bits per heavy atom. The van der Waals surface area contributed by atoms with Crippen LogP contribution in [0.3, 0.4) is 0 Å². The van der Waals surface area contributed by atoms with Gasteiger partial charge >= 0.3 is 5.97 Å². The normalized spacial score (nSPS) is 11.8. The number of esters is 1. The molecule has 0 aliphatic carbocycles. The van der Waals surface area contributed by atoms with Crippen LogP contribution < -0.4 is 5.73 Å². The fourth-order valence-electron chi connectivity index (χ4n) is 1.53. The van der Waals surface area contributed by atoms with E-state index in [-0.39, 0.29) is 12.6 Å². The van der Waals surface area contributed by atoms with E-state index in [1.165, 1.54) is 13.1 Å². The van der Waals surface area contributed by atoms with Crippen LogP contribution in [-0.4, -0.2) is 18.0 Å². The molecular weight excluding hydrogens is 270 g/mol. The molecule has 0 aliphatic heterocycles. The summed E-state index contributed by atoms with van der Waals surface area (Å²) in [6.07, 6.45) is 1.44. The van der Waals surface area contributed by atoms with Crippen LogP contribution in [0.25, 0.3) is 0 Å². The minimum absolute atomic E-state index is 0.0958. The summed E-state index contributed by atoms with van der Waals surface area (Å²) in [6, 6.07) is 12.7. The lowest BCUT2D eigenvalue weighted by Crippen LogP contribution is -2.12. The van der Waals surface area contributed by atoms with Crippen LogP contribution in [0.1, 0.15) is 24.0 Å². The van der Waals surface area contributed by atoms with E-state index in [1.54, 1.807) is 12.1 Å². The predicted molar refractivity (Wildman–Crippen MR) is 78.9 cm³/mol. The summed E-state index contributed by atoms with van der Waals surface area (Å²) < 4.78 is 10.2. The molecule has 0 spiro atoms. The third kappa shape index (κ3) is 4.61. The fraction of sp³-hybridized carbons (Fsp3) is 0.133. The molecule has 0 amide bonds. The number of ether oxygens (including phenoxy) is 1. The van der Waals surface area contributed by atoms with Crippen LogP contribution in [0.5, 0.6) is 0 Å². The number of carbonyl (C=O) groups is 1. The van der Waals surface area contributed by atoms with E-state index in [0.29, 0.717) is 17.4 Å². The molecule has 1 aromatic carbocycles. The van der Waals surface area contributed by atoms with E-state index < -0.39 is 0 Å². The number of hydrogen-bond donors (Lipinski definition) is 1. The molecule has 1 heterocycles. The summed E-state index contributed by atoms with van der Waals surface area (Å²) in [7, 11) is 0. The van der Waals surface area contributed by atoms with Gasteiger partial charge in [-0.3, -0.25) is 4.79 Å². The topological polar surface area (TPSA) is 90.2 Å². The lowest BCUT2D eigenvalue weighted by atomic mass is 10.2. The molecule has 21 heavy (non-hydrogen) atoms. The first-order valence-electron chi connectivity index (χ1n) is 6.29. The number of rotatable bonds is 5. The van der Waals surface area contributed by atoms with Gasteiger partial charge in [0.25, 0.3) is 0 Å². The maximum absolute atomic E-state index is 10.7. The Kier molecular flexibility index (Phi) is 4.87. The van der Waals surface area contributed by atoms with E-state index >= 15 is 0 Å². The van der Waals surface area contributed by atoms with Gasteiger partial charge in [0, 0.05) is 12.5 Å². The quantitative estimate of drug-likeness (QED) is 0.394. The SMILES string of the molecule is CC(=O)OCc1ccc(/C=N/N=C(\N)c2ccccc2)o1. The molecule has 0 aliphatic rings. The summed E-state index contributed by atoms with van der Waals surface area (Å²) in [5.74, 6) is 0.994. The summed E-state index contributed by atoms with van der Waals surface area (Å²) in [4.78, 5) is 10.7. The van der Waals surface area contributed by atoms with E-state index in [4.69, 9.17) is 14.9 Å². The first-order valence-corrected chi connectivity index (χ1v) is 6.29. The van der Waals surface area contributed by atoms with Crippen LogP contribution in [0.15, 0.2) is 57.1 Å². The zero-order valence-electron chi connectivity index (χ0n) is 11.5. The summed E-state index contributed by atoms with van der Waals surface area (Å²) in [5, 5.41) is 7.75. The number of benzene rings is 1. The van der Waals surface area contributed by atoms with Gasteiger partial charge in [0.15, 0.2) is 5.84 Å². The van der Waals surface area contributed by atoms with Crippen molar-refractivity contribution in [2.24, 2.45) is 15.9 Å². The van der Waals surface area contributed by atoms with Crippen LogP contribution in [0.4, 0.5) is 0 Å². The summed E-state index contributed by atoms with van der Waals surface area (Å²) >= 11 is 0. The molecule has 2 aromatic rings. The highest BCUT2D eigenvalue weighted by atomic mass is 16.5. The van der Waals surface area contributed by atoms with Crippen molar-refractivity contribution in [1.29, 1.82) is 0 Å². The average Bonchev–Trinajstić information content (AvgIpc) is 2.94. The van der Waals surface area contributed by atoms with Gasteiger partial charge in [-0.2, -0.15) is 5.10 Å². The van der Waals surface area contributed by atoms with Crippen molar-refractivity contribution in [1.82, 2.24) is 0 Å². The first-order chi connectivity index (χ1) is 10.1. The molecule has 0 bridgehead atoms. The van der Waals surface area contributed by atoms with Gasteiger partial charge in [-0.1, -0.05) is 30.3 Å². The van der Waals surface area contributed by atoms with Crippen molar-refractivity contribution in [2.75, 3.05) is 0 Å². The van der Waals surface area contributed by atoms with E-state index in [0.717, 1.165) is 5.56 Å². The Hall–Kier alpha value is -2.89. The van der Waals surface area contributed by atoms with Gasteiger partial charge < -0.3 is 14.9 Å². The van der Waals surface area contributed by atoms with Gasteiger partial charge in [0.1, 0.15) is 18.1 Å². The number of nitrogens with zero attached hydrogens (tertiary/aromatic N) is 2. The van der Waals surface area contributed by atoms with Crippen LogP contribution in [0, 0.1) is 0 Å². The van der Waals surface area contributed by atoms with Gasteiger partial charge in [-0.25, -0.2) is 0 Å². The molecule has 1 aromatic heterocycles. The van der Waals surface area contributed by atoms with Crippen LogP contribution >= 0.6 is 0 Å².